The van der Waals surface area contributed by atoms with Crippen LogP contribution in [0.2, 0.25) is 0 Å². The highest BCUT2D eigenvalue weighted by Crippen LogP contribution is 2.34. The Kier molecular flexibility index (Phi) is 7.78. The minimum Gasteiger partial charge on any atom is -0.483 e. The molecule has 2 aromatic rings. The molecule has 188 valence electrons. The summed E-state index contributed by atoms with van der Waals surface area (Å²) >= 11 is 0. The van der Waals surface area contributed by atoms with Crippen LogP contribution < -0.4 is 14.5 Å². The van der Waals surface area contributed by atoms with Crippen LogP contribution in [0.4, 0.5) is 17.1 Å². The molecule has 2 aliphatic heterocycles. The summed E-state index contributed by atoms with van der Waals surface area (Å²) in [5.74, 6) is 1.09. The number of nitro benzene ring substituents is 1. The molecule has 2 fully saturated rings. The van der Waals surface area contributed by atoms with Crippen LogP contribution in [-0.2, 0) is 4.79 Å². The number of rotatable bonds is 7. The van der Waals surface area contributed by atoms with E-state index in [9.17, 15) is 14.9 Å². The SMILES string of the molecule is Cc1ccc(C(C)C)c(OCC(=O)N2CCN(c3ccc([N+](=O)[O-])c(N4CCCCC4)c3)CC2)c1. The molecule has 2 aromatic carbocycles. The number of piperidine rings is 1. The van der Waals surface area contributed by atoms with Crippen LogP contribution in [-0.4, -0.2) is 61.6 Å². The molecule has 2 heterocycles. The summed E-state index contributed by atoms with van der Waals surface area (Å²) in [5.41, 5.74) is 4.06. The normalized spacial score (nSPS) is 16.5. The second-order valence-corrected chi connectivity index (χ2v) is 9.83. The maximum absolute atomic E-state index is 12.9. The second kappa shape index (κ2) is 11.0. The van der Waals surface area contributed by atoms with Crippen LogP contribution in [0.5, 0.6) is 5.75 Å². The number of nitrogens with zero attached hydrogens (tertiary/aromatic N) is 4. The Morgan fingerprint density at radius 1 is 0.971 bits per heavy atom. The number of carbonyl (C=O) groups is 1. The van der Waals surface area contributed by atoms with Gasteiger partial charge in [-0.2, -0.15) is 0 Å². The van der Waals surface area contributed by atoms with E-state index >= 15 is 0 Å². The van der Waals surface area contributed by atoms with E-state index in [0.717, 1.165) is 48.5 Å². The lowest BCUT2D eigenvalue weighted by Crippen LogP contribution is -2.50. The summed E-state index contributed by atoms with van der Waals surface area (Å²) in [6, 6.07) is 11.5. The van der Waals surface area contributed by atoms with Crippen molar-refractivity contribution >= 4 is 23.0 Å². The van der Waals surface area contributed by atoms with E-state index in [-0.39, 0.29) is 23.1 Å². The van der Waals surface area contributed by atoms with Gasteiger partial charge in [-0.3, -0.25) is 14.9 Å². The van der Waals surface area contributed by atoms with Crippen molar-refractivity contribution in [3.8, 4) is 5.75 Å². The summed E-state index contributed by atoms with van der Waals surface area (Å²) in [5, 5.41) is 11.6. The Bertz CT molecular complexity index is 1060. The van der Waals surface area contributed by atoms with E-state index < -0.39 is 0 Å². The third-order valence-corrected chi connectivity index (χ3v) is 6.99. The molecule has 0 aromatic heterocycles. The molecule has 0 spiro atoms. The van der Waals surface area contributed by atoms with Crippen molar-refractivity contribution in [2.45, 2.75) is 46.0 Å². The average Bonchev–Trinajstić information content (AvgIpc) is 2.87. The third-order valence-electron chi connectivity index (χ3n) is 6.99. The van der Waals surface area contributed by atoms with Gasteiger partial charge in [0.1, 0.15) is 11.4 Å². The van der Waals surface area contributed by atoms with E-state index in [1.807, 2.05) is 30.0 Å². The Balaban J connectivity index is 1.37. The van der Waals surface area contributed by atoms with Gasteiger partial charge in [0, 0.05) is 51.0 Å². The highest BCUT2D eigenvalue weighted by atomic mass is 16.6. The Morgan fingerprint density at radius 2 is 1.69 bits per heavy atom. The summed E-state index contributed by atoms with van der Waals surface area (Å²) in [6.07, 6.45) is 3.29. The molecule has 0 aliphatic carbocycles. The molecule has 8 nitrogen and oxygen atoms in total. The number of amides is 1. The number of piperazine rings is 1. The van der Waals surface area contributed by atoms with Gasteiger partial charge in [0.05, 0.1) is 4.92 Å². The first kappa shape index (κ1) is 24.8. The van der Waals surface area contributed by atoms with Crippen molar-refractivity contribution in [1.82, 2.24) is 4.90 Å². The highest BCUT2D eigenvalue weighted by molar-refractivity contribution is 5.78. The second-order valence-electron chi connectivity index (χ2n) is 9.83. The average molecular weight is 481 g/mol. The minimum absolute atomic E-state index is 0.0152. The fourth-order valence-electron chi connectivity index (χ4n) is 4.94. The zero-order valence-electron chi connectivity index (χ0n) is 21.0. The van der Waals surface area contributed by atoms with Crippen molar-refractivity contribution in [2.24, 2.45) is 0 Å². The fraction of sp³-hybridized carbons (Fsp3) is 0.519. The van der Waals surface area contributed by atoms with Gasteiger partial charge < -0.3 is 19.4 Å². The smallest absolute Gasteiger partial charge is 0.292 e. The van der Waals surface area contributed by atoms with Crippen molar-refractivity contribution in [1.29, 1.82) is 0 Å². The van der Waals surface area contributed by atoms with Gasteiger partial charge in [-0.25, -0.2) is 0 Å². The zero-order valence-corrected chi connectivity index (χ0v) is 21.0. The molecule has 2 saturated heterocycles. The Morgan fingerprint density at radius 3 is 2.34 bits per heavy atom. The summed E-state index contributed by atoms with van der Waals surface area (Å²) in [7, 11) is 0. The molecule has 0 atom stereocenters. The number of hydrogen-bond acceptors (Lipinski definition) is 6. The largest absolute Gasteiger partial charge is 0.483 e. The van der Waals surface area contributed by atoms with Crippen LogP contribution in [0.25, 0.3) is 0 Å². The van der Waals surface area contributed by atoms with Gasteiger partial charge in [0.2, 0.25) is 0 Å². The van der Waals surface area contributed by atoms with Crippen LogP contribution in [0.15, 0.2) is 36.4 Å². The molecule has 0 radical (unpaired) electrons. The van der Waals surface area contributed by atoms with Gasteiger partial charge in [-0.05, 0) is 61.4 Å². The van der Waals surface area contributed by atoms with Gasteiger partial charge in [0.25, 0.3) is 11.6 Å². The lowest BCUT2D eigenvalue weighted by molar-refractivity contribution is -0.384. The number of anilines is 2. The molecule has 2 aliphatic rings. The number of carbonyl (C=O) groups excluding carboxylic acids is 1. The fourth-order valence-corrected chi connectivity index (χ4v) is 4.94. The summed E-state index contributed by atoms with van der Waals surface area (Å²) in [6.45, 7) is 10.6. The predicted molar refractivity (Wildman–Crippen MR) is 139 cm³/mol. The standard InChI is InChI=1S/C27H36N4O4/c1-20(2)23-9-7-21(3)17-26(23)35-19-27(32)30-15-13-28(14-16-30)22-8-10-24(31(33)34)25(18-22)29-11-5-4-6-12-29/h7-10,17-18,20H,4-6,11-16,19H2,1-3H3. The van der Waals surface area contributed by atoms with Crippen molar-refractivity contribution < 1.29 is 14.5 Å². The first-order valence-corrected chi connectivity index (χ1v) is 12.6. The van der Waals surface area contributed by atoms with E-state index in [4.69, 9.17) is 4.74 Å². The lowest BCUT2D eigenvalue weighted by Gasteiger charge is -2.37. The predicted octanol–water partition coefficient (Wildman–Crippen LogP) is 4.74. The molecule has 4 rings (SSSR count). The molecular formula is C27H36N4O4. The monoisotopic (exact) mass is 480 g/mol. The maximum atomic E-state index is 12.9. The van der Waals surface area contributed by atoms with Gasteiger partial charge in [-0.15, -0.1) is 0 Å². The molecule has 8 heteroatoms. The van der Waals surface area contributed by atoms with E-state index in [1.165, 1.54) is 6.42 Å². The van der Waals surface area contributed by atoms with E-state index in [1.54, 1.807) is 6.07 Å². The quantitative estimate of drug-likeness (QED) is 0.421. The van der Waals surface area contributed by atoms with Crippen LogP contribution >= 0.6 is 0 Å². The number of aryl methyl sites for hydroxylation is 1. The molecule has 0 unspecified atom stereocenters. The van der Waals surface area contributed by atoms with Crippen molar-refractivity contribution in [3.05, 3.63) is 57.6 Å². The number of hydrogen-bond donors (Lipinski definition) is 0. The maximum Gasteiger partial charge on any atom is 0.292 e. The topological polar surface area (TPSA) is 79.2 Å². The Hall–Kier alpha value is -3.29. The summed E-state index contributed by atoms with van der Waals surface area (Å²) in [4.78, 5) is 30.4. The molecule has 35 heavy (non-hydrogen) atoms. The molecule has 1 amide bonds. The van der Waals surface area contributed by atoms with Crippen molar-refractivity contribution in [2.75, 3.05) is 55.7 Å². The van der Waals surface area contributed by atoms with E-state index in [0.29, 0.717) is 37.8 Å². The highest BCUT2D eigenvalue weighted by Gasteiger charge is 2.26. The van der Waals surface area contributed by atoms with Crippen LogP contribution in [0.1, 0.15) is 50.2 Å². The van der Waals surface area contributed by atoms with Crippen molar-refractivity contribution in [3.63, 3.8) is 0 Å². The summed E-state index contributed by atoms with van der Waals surface area (Å²) < 4.78 is 5.95. The van der Waals surface area contributed by atoms with E-state index in [2.05, 4.69) is 35.8 Å². The molecule has 0 bridgehead atoms. The number of nitro groups is 1. The first-order valence-electron chi connectivity index (χ1n) is 12.6. The van der Waals surface area contributed by atoms with Crippen LogP contribution in [0.3, 0.4) is 0 Å². The minimum atomic E-state index is -0.288. The number of ether oxygens (including phenoxy) is 1. The molecule has 0 N–H and O–H groups in total. The van der Waals surface area contributed by atoms with Gasteiger partial charge in [-0.1, -0.05) is 26.0 Å². The molecule has 0 saturated carbocycles. The van der Waals surface area contributed by atoms with Gasteiger partial charge >= 0.3 is 0 Å². The van der Waals surface area contributed by atoms with Gasteiger partial charge in [0.15, 0.2) is 6.61 Å². The number of benzene rings is 2. The molecular weight excluding hydrogens is 444 g/mol. The first-order chi connectivity index (χ1) is 16.8. The third kappa shape index (κ3) is 5.86. The van der Waals surface area contributed by atoms with Crippen LogP contribution in [0, 0.1) is 17.0 Å². The lowest BCUT2D eigenvalue weighted by atomic mass is 10.0. The Labute approximate surface area is 207 Å². The zero-order chi connectivity index (χ0) is 24.9.